The maximum absolute atomic E-state index is 11.8. The molecule has 0 aromatic carbocycles. The first kappa shape index (κ1) is 25.6. The fraction of sp³-hybridized carbons (Fsp3) is 0.818. The molecule has 2 rings (SSSR count). The molecule has 2 aliphatic carbocycles. The lowest BCUT2D eigenvalue weighted by Gasteiger charge is -2.08. The average molecular weight is 443 g/mol. The molecule has 0 aliphatic heterocycles. The lowest BCUT2D eigenvalue weighted by atomic mass is 10.1. The zero-order chi connectivity index (χ0) is 22.2. The van der Waals surface area contributed by atoms with Crippen LogP contribution in [0.2, 0.25) is 0 Å². The second-order valence-corrected chi connectivity index (χ2v) is 7.81. The van der Waals surface area contributed by atoms with Gasteiger partial charge >= 0.3 is 6.09 Å². The van der Waals surface area contributed by atoms with Crippen LogP contribution in [0.25, 0.3) is 0 Å². The molecule has 0 radical (unpaired) electrons. The molecule has 0 aromatic rings. The van der Waals surface area contributed by atoms with Crippen molar-refractivity contribution in [3.63, 3.8) is 0 Å². The number of alkyl carbamates (subject to hydrolysis) is 1. The fourth-order valence-corrected chi connectivity index (χ4v) is 3.82. The molecule has 2 aliphatic rings. The van der Waals surface area contributed by atoms with Crippen LogP contribution >= 0.6 is 0 Å². The zero-order valence-corrected chi connectivity index (χ0v) is 18.4. The van der Waals surface area contributed by atoms with Gasteiger partial charge in [-0.3, -0.25) is 4.79 Å². The summed E-state index contributed by atoms with van der Waals surface area (Å²) in [5.41, 5.74) is 5.00. The molecule has 0 aromatic heterocycles. The lowest BCUT2D eigenvalue weighted by molar-refractivity contribution is -0.119. The second-order valence-electron chi connectivity index (χ2n) is 7.81. The van der Waals surface area contributed by atoms with Gasteiger partial charge in [0.15, 0.2) is 0 Å². The van der Waals surface area contributed by atoms with Crippen LogP contribution in [0.1, 0.15) is 32.1 Å². The molecule has 31 heavy (non-hydrogen) atoms. The average Bonchev–Trinajstić information content (AvgIpc) is 3.38. The predicted octanol–water partition coefficient (Wildman–Crippen LogP) is 1.65. The van der Waals surface area contributed by atoms with Crippen LogP contribution in [0.5, 0.6) is 0 Å². The minimum absolute atomic E-state index is 0.221. The van der Waals surface area contributed by atoms with E-state index in [0.717, 1.165) is 24.7 Å². The van der Waals surface area contributed by atoms with Crippen molar-refractivity contribution in [2.75, 3.05) is 66.0 Å². The molecule has 9 heteroatoms. The summed E-state index contributed by atoms with van der Waals surface area (Å²) >= 11 is 0. The SMILES string of the molecule is NC(=O)CCOCCOCCOCCOCCNC(=O)OC[C@@H]1[C@@H]2CC/C=C\CC[C@@H]21. The van der Waals surface area contributed by atoms with E-state index in [-0.39, 0.29) is 18.4 Å². The van der Waals surface area contributed by atoms with Crippen LogP contribution in [0.4, 0.5) is 4.79 Å². The quantitative estimate of drug-likeness (QED) is 0.260. The Morgan fingerprint density at radius 1 is 0.806 bits per heavy atom. The van der Waals surface area contributed by atoms with E-state index in [2.05, 4.69) is 17.5 Å². The van der Waals surface area contributed by atoms with E-state index < -0.39 is 0 Å². The Bertz CT molecular complexity index is 528. The van der Waals surface area contributed by atoms with Gasteiger partial charge in [0.05, 0.1) is 59.5 Å². The van der Waals surface area contributed by atoms with Crippen LogP contribution in [0, 0.1) is 17.8 Å². The third kappa shape index (κ3) is 12.1. The number of allylic oxidation sites excluding steroid dienone is 2. The molecule has 3 N–H and O–H groups in total. The fourth-order valence-electron chi connectivity index (χ4n) is 3.82. The lowest BCUT2D eigenvalue weighted by Crippen LogP contribution is -2.29. The molecule has 1 saturated carbocycles. The van der Waals surface area contributed by atoms with Gasteiger partial charge in [0.1, 0.15) is 0 Å². The largest absolute Gasteiger partial charge is 0.449 e. The van der Waals surface area contributed by atoms with Crippen molar-refractivity contribution in [3.05, 3.63) is 12.2 Å². The molecule has 3 atom stereocenters. The maximum Gasteiger partial charge on any atom is 0.407 e. The van der Waals surface area contributed by atoms with E-state index in [4.69, 9.17) is 29.4 Å². The minimum atomic E-state index is -0.373. The molecular weight excluding hydrogens is 404 g/mol. The summed E-state index contributed by atoms with van der Waals surface area (Å²) in [7, 11) is 0. The summed E-state index contributed by atoms with van der Waals surface area (Å²) in [6, 6.07) is 0. The monoisotopic (exact) mass is 442 g/mol. The molecule has 2 amide bonds. The number of primary amides is 1. The first-order valence-electron chi connectivity index (χ1n) is 11.3. The maximum atomic E-state index is 11.8. The molecule has 9 nitrogen and oxygen atoms in total. The van der Waals surface area contributed by atoms with Crippen LogP contribution in [-0.2, 0) is 28.5 Å². The van der Waals surface area contributed by atoms with Crippen molar-refractivity contribution in [1.82, 2.24) is 5.32 Å². The summed E-state index contributed by atoms with van der Waals surface area (Å²) in [6.07, 6.45) is 9.11. The Hall–Kier alpha value is -1.68. The normalized spacial score (nSPS) is 23.3. The van der Waals surface area contributed by atoms with E-state index in [1.165, 1.54) is 12.8 Å². The number of hydrogen-bond donors (Lipinski definition) is 2. The van der Waals surface area contributed by atoms with E-state index >= 15 is 0 Å². The molecule has 0 spiro atoms. The van der Waals surface area contributed by atoms with Crippen LogP contribution < -0.4 is 11.1 Å². The Kier molecular flexibility index (Phi) is 13.2. The molecule has 178 valence electrons. The van der Waals surface area contributed by atoms with Gasteiger partial charge in [-0.1, -0.05) is 12.2 Å². The summed E-state index contributed by atoms with van der Waals surface area (Å²) in [5, 5.41) is 2.72. The molecule has 0 unspecified atom stereocenters. The van der Waals surface area contributed by atoms with Crippen molar-refractivity contribution < 1.29 is 33.3 Å². The van der Waals surface area contributed by atoms with E-state index in [0.29, 0.717) is 71.9 Å². The molecule has 1 fully saturated rings. The number of nitrogens with two attached hydrogens (primary N) is 1. The van der Waals surface area contributed by atoms with Crippen LogP contribution in [-0.4, -0.2) is 78.0 Å². The highest BCUT2D eigenvalue weighted by atomic mass is 16.6. The number of rotatable bonds is 17. The summed E-state index contributed by atoms with van der Waals surface area (Å²) in [6.45, 7) is 4.38. The highest BCUT2D eigenvalue weighted by Crippen LogP contribution is 2.52. The number of carbonyl (C=O) groups is 2. The molecular formula is C22H38N2O7. The summed E-state index contributed by atoms with van der Waals surface area (Å²) in [4.78, 5) is 22.3. The van der Waals surface area contributed by atoms with Crippen molar-refractivity contribution in [1.29, 1.82) is 0 Å². The topological polar surface area (TPSA) is 118 Å². The first-order chi connectivity index (χ1) is 15.2. The highest BCUT2D eigenvalue weighted by molar-refractivity contribution is 5.73. The highest BCUT2D eigenvalue weighted by Gasteiger charge is 2.49. The van der Waals surface area contributed by atoms with Crippen molar-refractivity contribution >= 4 is 12.0 Å². The Morgan fingerprint density at radius 2 is 1.32 bits per heavy atom. The van der Waals surface area contributed by atoms with Gasteiger partial charge in [0.25, 0.3) is 0 Å². The van der Waals surface area contributed by atoms with Gasteiger partial charge in [-0.25, -0.2) is 4.79 Å². The van der Waals surface area contributed by atoms with Gasteiger partial charge < -0.3 is 34.7 Å². The Labute approximate surface area is 184 Å². The number of nitrogens with one attached hydrogen (secondary N) is 1. The third-order valence-corrected chi connectivity index (χ3v) is 5.54. The van der Waals surface area contributed by atoms with E-state index in [1.807, 2.05) is 0 Å². The first-order valence-corrected chi connectivity index (χ1v) is 11.3. The van der Waals surface area contributed by atoms with Crippen LogP contribution in [0.15, 0.2) is 12.2 Å². The Balaban J connectivity index is 1.29. The van der Waals surface area contributed by atoms with Crippen LogP contribution in [0.3, 0.4) is 0 Å². The van der Waals surface area contributed by atoms with Gasteiger partial charge in [0, 0.05) is 13.0 Å². The molecule has 0 heterocycles. The second kappa shape index (κ2) is 16.0. The van der Waals surface area contributed by atoms with Crippen molar-refractivity contribution in [2.45, 2.75) is 32.1 Å². The summed E-state index contributed by atoms with van der Waals surface area (Å²) in [5.74, 6) is 1.63. The number of hydrogen-bond acceptors (Lipinski definition) is 7. The van der Waals surface area contributed by atoms with Gasteiger partial charge in [0.2, 0.25) is 5.91 Å². The zero-order valence-electron chi connectivity index (χ0n) is 18.4. The minimum Gasteiger partial charge on any atom is -0.449 e. The van der Waals surface area contributed by atoms with Gasteiger partial charge in [-0.15, -0.1) is 0 Å². The van der Waals surface area contributed by atoms with E-state index in [9.17, 15) is 9.59 Å². The van der Waals surface area contributed by atoms with Crippen molar-refractivity contribution in [2.24, 2.45) is 23.5 Å². The molecule has 0 bridgehead atoms. The number of fused-ring (bicyclic) bond motifs is 1. The number of carbonyl (C=O) groups excluding carboxylic acids is 2. The Morgan fingerprint density at radius 3 is 1.87 bits per heavy atom. The summed E-state index contributed by atoms with van der Waals surface area (Å²) < 4.78 is 26.7. The predicted molar refractivity (Wildman–Crippen MR) is 115 cm³/mol. The molecule has 0 saturated heterocycles. The van der Waals surface area contributed by atoms with E-state index in [1.54, 1.807) is 0 Å². The number of ether oxygens (including phenoxy) is 5. The van der Waals surface area contributed by atoms with Gasteiger partial charge in [-0.05, 0) is 43.4 Å². The smallest absolute Gasteiger partial charge is 0.407 e. The van der Waals surface area contributed by atoms with Gasteiger partial charge in [-0.2, -0.15) is 0 Å². The van der Waals surface area contributed by atoms with Crippen molar-refractivity contribution in [3.8, 4) is 0 Å². The third-order valence-electron chi connectivity index (χ3n) is 5.54. The standard InChI is InChI=1S/C22H38N2O7/c23-21(25)7-9-27-11-13-29-15-16-30-14-12-28-10-8-24-22(26)31-17-20-18-5-3-1-2-4-6-19(18)20/h1-2,18-20H,3-17H2,(H2,23,25)(H,24,26)/b2-1-/t18-,19+,20-. The number of amides is 2.